The highest BCUT2D eigenvalue weighted by Crippen LogP contribution is 2.57. The zero-order valence-electron chi connectivity index (χ0n) is 28.8. The Bertz CT molecular complexity index is 2070. The fraction of sp³-hybridized carbons (Fsp3) is 0.390. The van der Waals surface area contributed by atoms with Gasteiger partial charge in [0.1, 0.15) is 40.7 Å². The van der Waals surface area contributed by atoms with E-state index >= 15 is 0 Å². The monoisotopic (exact) mass is 722 g/mol. The van der Waals surface area contributed by atoms with E-state index in [1.807, 2.05) is 24.3 Å². The first kappa shape index (κ1) is 35.3. The maximum absolute atomic E-state index is 14.2. The van der Waals surface area contributed by atoms with Crippen LogP contribution in [-0.4, -0.2) is 83.5 Å². The molecule has 2 aromatic carbocycles. The number of rotatable bonds is 8. The fourth-order valence-electron chi connectivity index (χ4n) is 9.54. The van der Waals surface area contributed by atoms with Gasteiger partial charge in [-0.3, -0.25) is 9.59 Å². The number of hydrogen-bond donors (Lipinski definition) is 7. The van der Waals surface area contributed by atoms with E-state index in [0.29, 0.717) is 24.8 Å². The first-order valence-electron chi connectivity index (χ1n) is 17.9. The van der Waals surface area contributed by atoms with Crippen LogP contribution in [0.1, 0.15) is 63.1 Å². The molecule has 12 heteroatoms. The molecule has 2 heterocycles. The number of nitrogens with two attached hydrogens (primary N) is 1. The molecule has 1 aliphatic heterocycles. The molecular formula is C41H42N2O10. The van der Waals surface area contributed by atoms with Crippen molar-refractivity contribution >= 4 is 17.4 Å². The largest absolute Gasteiger partial charge is 0.511 e. The van der Waals surface area contributed by atoms with Gasteiger partial charge < -0.3 is 45.8 Å². The van der Waals surface area contributed by atoms with Gasteiger partial charge in [0, 0.05) is 23.1 Å². The summed E-state index contributed by atoms with van der Waals surface area (Å²) in [6, 6.07) is 15.3. The molecular weight excluding hydrogens is 680 g/mol. The maximum Gasteiger partial charge on any atom is 0.230 e. The Balaban J connectivity index is 1.14. The SMILES string of the molecule is Nc1cc(C2(C3C=CC4(CO)OC(Oc5cccc6c5C(=O)C5C(O)=CC(Cc7cccc(CO)c7)=CC5C6=O)C(O)C3(O)C4O)CCCC2)ccn1. The lowest BCUT2D eigenvalue weighted by Crippen LogP contribution is -2.78. The predicted molar refractivity (Wildman–Crippen MR) is 191 cm³/mol. The number of aromatic nitrogens is 1. The summed E-state index contributed by atoms with van der Waals surface area (Å²) in [5.74, 6) is -4.20. The van der Waals surface area contributed by atoms with Crippen molar-refractivity contribution in [2.24, 2.45) is 17.8 Å². The van der Waals surface area contributed by atoms with Gasteiger partial charge in [0.15, 0.2) is 11.6 Å². The van der Waals surface area contributed by atoms with Crippen LogP contribution in [0.2, 0.25) is 0 Å². The number of anilines is 1. The number of Topliss-reactive ketones (excluding diaryl/α,β-unsaturated/α-hetero) is 2. The summed E-state index contributed by atoms with van der Waals surface area (Å²) in [4.78, 5) is 32.4. The van der Waals surface area contributed by atoms with Crippen molar-refractivity contribution in [3.63, 3.8) is 0 Å². The average molecular weight is 723 g/mol. The smallest absolute Gasteiger partial charge is 0.230 e. The van der Waals surface area contributed by atoms with E-state index < -0.39 is 71.0 Å². The van der Waals surface area contributed by atoms with Crippen LogP contribution in [0.25, 0.3) is 0 Å². The second-order valence-corrected chi connectivity index (χ2v) is 15.0. The van der Waals surface area contributed by atoms with E-state index in [1.165, 1.54) is 30.4 Å². The summed E-state index contributed by atoms with van der Waals surface area (Å²) in [5.41, 5.74) is 4.07. The van der Waals surface area contributed by atoms with Crippen LogP contribution in [0, 0.1) is 17.8 Å². The third-order valence-corrected chi connectivity index (χ3v) is 12.1. The van der Waals surface area contributed by atoms with Gasteiger partial charge in [0.25, 0.3) is 0 Å². The standard InChI is InChI=1S/C41H42N2O10/c42-31-19-25(10-14-43-31)39(11-1-2-12-39)30-9-13-40(21-45)38(50)41(30,51)36(49)37(53-40)52-29-8-4-7-26-33(29)35(48)32-27(34(26)47)17-24(18-28(32)46)16-22-5-3-6-23(15-22)20-44/h3-10,13-15,17-19,27,30,32,36-38,44-46,49-51H,1-2,11-12,16,20-21H2,(H2,42,43). The average Bonchev–Trinajstić information content (AvgIpc) is 3.65. The van der Waals surface area contributed by atoms with Crippen LogP contribution in [0.4, 0.5) is 5.82 Å². The minimum absolute atomic E-state index is 0.0559. The lowest BCUT2D eigenvalue weighted by atomic mass is 9.55. The molecule has 4 aliphatic carbocycles. The van der Waals surface area contributed by atoms with Gasteiger partial charge in [0.2, 0.25) is 6.29 Å². The number of pyridine rings is 1. The van der Waals surface area contributed by atoms with Crippen molar-refractivity contribution in [2.45, 2.75) is 73.8 Å². The Labute approximate surface area is 305 Å². The van der Waals surface area contributed by atoms with Crippen LogP contribution >= 0.6 is 0 Å². The molecule has 0 radical (unpaired) electrons. The number of fused-ring (bicyclic) bond motifs is 4. The Morgan fingerprint density at radius 3 is 2.47 bits per heavy atom. The summed E-state index contributed by atoms with van der Waals surface area (Å²) in [7, 11) is 0. The third-order valence-electron chi connectivity index (χ3n) is 12.1. The summed E-state index contributed by atoms with van der Waals surface area (Å²) >= 11 is 0. The van der Waals surface area contributed by atoms with Gasteiger partial charge in [-0.15, -0.1) is 0 Å². The summed E-state index contributed by atoms with van der Waals surface area (Å²) in [6.07, 6.45) is 5.74. The number of ether oxygens (including phenoxy) is 2. The van der Waals surface area contributed by atoms with Crippen LogP contribution in [0.3, 0.4) is 0 Å². The molecule has 8 N–H and O–H groups in total. The minimum Gasteiger partial charge on any atom is -0.511 e. The second-order valence-electron chi connectivity index (χ2n) is 15.0. The second kappa shape index (κ2) is 13.0. The molecule has 2 fully saturated rings. The van der Waals surface area contributed by atoms with Crippen molar-refractivity contribution in [3.8, 4) is 5.75 Å². The molecule has 276 valence electrons. The van der Waals surface area contributed by atoms with Crippen molar-refractivity contribution in [2.75, 3.05) is 12.3 Å². The Hall–Kier alpha value is -4.69. The summed E-state index contributed by atoms with van der Waals surface area (Å²) in [6.45, 7) is -0.900. The van der Waals surface area contributed by atoms with E-state index in [9.17, 15) is 40.2 Å². The van der Waals surface area contributed by atoms with E-state index in [2.05, 4.69) is 4.98 Å². The van der Waals surface area contributed by atoms with Crippen LogP contribution in [0.15, 0.2) is 96.4 Å². The van der Waals surface area contributed by atoms with Gasteiger partial charge in [-0.1, -0.05) is 67.5 Å². The lowest BCUT2D eigenvalue weighted by molar-refractivity contribution is -0.354. The van der Waals surface area contributed by atoms with Crippen molar-refractivity contribution in [1.29, 1.82) is 0 Å². The number of nitrogens with zero attached hydrogens (tertiary/aromatic N) is 1. The predicted octanol–water partition coefficient (Wildman–Crippen LogP) is 3.01. The summed E-state index contributed by atoms with van der Waals surface area (Å²) < 4.78 is 12.3. The van der Waals surface area contributed by atoms with E-state index in [-0.39, 0.29) is 35.1 Å². The summed E-state index contributed by atoms with van der Waals surface area (Å²) in [5, 5.41) is 67.8. The molecule has 53 heavy (non-hydrogen) atoms. The number of carbonyl (C=O) groups excluding carboxylic acids is 2. The molecule has 2 bridgehead atoms. The van der Waals surface area contributed by atoms with Gasteiger partial charge in [-0.25, -0.2) is 4.98 Å². The van der Waals surface area contributed by atoms with Crippen molar-refractivity contribution in [3.05, 3.63) is 124 Å². The minimum atomic E-state index is -2.31. The molecule has 0 spiro atoms. The zero-order chi connectivity index (χ0) is 37.3. The molecule has 1 saturated heterocycles. The molecule has 5 aliphatic rings. The van der Waals surface area contributed by atoms with Gasteiger partial charge in [-0.2, -0.15) is 0 Å². The zero-order valence-corrected chi connectivity index (χ0v) is 28.8. The number of ketones is 2. The molecule has 12 nitrogen and oxygen atoms in total. The first-order chi connectivity index (χ1) is 25.5. The Morgan fingerprint density at radius 2 is 1.74 bits per heavy atom. The number of aliphatic hydroxyl groups excluding tert-OH is 5. The van der Waals surface area contributed by atoms with Crippen LogP contribution in [0.5, 0.6) is 5.75 Å². The van der Waals surface area contributed by atoms with Crippen LogP contribution in [-0.2, 0) is 23.2 Å². The topological polar surface area (TPSA) is 213 Å². The highest BCUT2D eigenvalue weighted by atomic mass is 16.7. The normalized spacial score (nSPS) is 32.8. The Kier molecular flexibility index (Phi) is 8.68. The number of allylic oxidation sites excluding steroid dienone is 4. The number of nitrogen functional groups attached to an aromatic ring is 1. The molecule has 3 aromatic rings. The van der Waals surface area contributed by atoms with Gasteiger partial charge >= 0.3 is 0 Å². The third kappa shape index (κ3) is 5.38. The van der Waals surface area contributed by atoms with E-state index in [1.54, 1.807) is 30.5 Å². The number of carbonyl (C=O) groups is 2. The molecule has 8 rings (SSSR count). The lowest BCUT2D eigenvalue weighted by Gasteiger charge is -2.60. The first-order valence-corrected chi connectivity index (χ1v) is 17.9. The van der Waals surface area contributed by atoms with E-state index in [4.69, 9.17) is 15.2 Å². The van der Waals surface area contributed by atoms with Crippen LogP contribution < -0.4 is 10.5 Å². The number of benzene rings is 2. The molecule has 1 saturated carbocycles. The molecule has 8 unspecified atom stereocenters. The molecule has 0 amide bonds. The highest BCUT2D eigenvalue weighted by molar-refractivity contribution is 6.19. The fourth-order valence-corrected chi connectivity index (χ4v) is 9.54. The van der Waals surface area contributed by atoms with Gasteiger partial charge in [0.05, 0.1) is 30.6 Å². The van der Waals surface area contributed by atoms with E-state index in [0.717, 1.165) is 29.5 Å². The number of hydrogen-bond acceptors (Lipinski definition) is 12. The molecule has 8 atom stereocenters. The molecule has 1 aromatic heterocycles. The quantitative estimate of drug-likeness (QED) is 0.167. The Morgan fingerprint density at radius 1 is 0.981 bits per heavy atom. The number of aliphatic hydroxyl groups is 6. The van der Waals surface area contributed by atoms with Crippen molar-refractivity contribution in [1.82, 2.24) is 4.98 Å². The van der Waals surface area contributed by atoms with Crippen molar-refractivity contribution < 1.29 is 49.7 Å². The maximum atomic E-state index is 14.2. The highest BCUT2D eigenvalue weighted by Gasteiger charge is 2.70. The van der Waals surface area contributed by atoms with Gasteiger partial charge in [-0.05, 0) is 65.8 Å².